The van der Waals surface area contributed by atoms with Crippen LogP contribution < -0.4 is 4.90 Å². The zero-order valence-corrected chi connectivity index (χ0v) is 17.9. The van der Waals surface area contributed by atoms with Crippen molar-refractivity contribution in [1.29, 1.82) is 0 Å². The summed E-state index contributed by atoms with van der Waals surface area (Å²) in [4.78, 5) is 4.68. The van der Waals surface area contributed by atoms with Gasteiger partial charge in [0.05, 0.1) is 19.3 Å². The first-order valence-electron chi connectivity index (χ1n) is 10.6. The van der Waals surface area contributed by atoms with Crippen molar-refractivity contribution in [3.05, 3.63) is 40.9 Å². The molecular formula is C23H33ClN2O2. The van der Waals surface area contributed by atoms with Crippen LogP contribution in [0, 0.1) is 17.3 Å². The Morgan fingerprint density at radius 3 is 2.71 bits per heavy atom. The summed E-state index contributed by atoms with van der Waals surface area (Å²) in [5.74, 6) is 1.54. The lowest BCUT2D eigenvalue weighted by Crippen LogP contribution is -2.49. The number of fused-ring (bicyclic) bond motifs is 1. The van der Waals surface area contributed by atoms with Gasteiger partial charge in [-0.3, -0.25) is 4.90 Å². The molecule has 1 aromatic carbocycles. The molecule has 1 saturated heterocycles. The second-order valence-corrected chi connectivity index (χ2v) is 9.69. The second kappa shape index (κ2) is 8.35. The summed E-state index contributed by atoms with van der Waals surface area (Å²) in [6.07, 6.45) is 4.47. The maximum atomic E-state index is 10.4. The van der Waals surface area contributed by atoms with E-state index in [4.69, 9.17) is 16.3 Å². The Morgan fingerprint density at radius 2 is 2.04 bits per heavy atom. The van der Waals surface area contributed by atoms with Crippen molar-refractivity contribution in [3.63, 3.8) is 0 Å². The van der Waals surface area contributed by atoms with Crippen molar-refractivity contribution in [3.8, 4) is 0 Å². The van der Waals surface area contributed by atoms with Gasteiger partial charge in [-0.25, -0.2) is 0 Å². The van der Waals surface area contributed by atoms with Crippen molar-refractivity contribution >= 4 is 17.3 Å². The van der Waals surface area contributed by atoms with Crippen molar-refractivity contribution in [2.24, 2.45) is 17.3 Å². The monoisotopic (exact) mass is 404 g/mol. The summed E-state index contributed by atoms with van der Waals surface area (Å²) in [5, 5.41) is 11.2. The number of rotatable bonds is 7. The molecule has 0 amide bonds. The van der Waals surface area contributed by atoms with Gasteiger partial charge in [0.25, 0.3) is 0 Å². The molecule has 1 N–H and O–H groups in total. The number of halogens is 1. The molecule has 5 rings (SSSR count). The molecule has 1 aliphatic heterocycles. The van der Waals surface area contributed by atoms with Crippen LogP contribution in [-0.2, 0) is 4.74 Å². The van der Waals surface area contributed by atoms with E-state index in [1.54, 1.807) is 0 Å². The second-order valence-electron chi connectivity index (χ2n) is 9.26. The van der Waals surface area contributed by atoms with Gasteiger partial charge in [-0.15, -0.1) is 0 Å². The molecule has 0 radical (unpaired) electrons. The van der Waals surface area contributed by atoms with Gasteiger partial charge in [-0.1, -0.05) is 37.6 Å². The first-order chi connectivity index (χ1) is 13.4. The van der Waals surface area contributed by atoms with Gasteiger partial charge in [0.1, 0.15) is 0 Å². The van der Waals surface area contributed by atoms with Gasteiger partial charge < -0.3 is 14.7 Å². The smallest absolute Gasteiger partial charge is 0.0900 e. The van der Waals surface area contributed by atoms with Crippen LogP contribution in [-0.4, -0.2) is 62.0 Å². The fraction of sp³-hybridized carbons (Fsp3) is 0.652. The van der Waals surface area contributed by atoms with Crippen LogP contribution in [0.3, 0.4) is 0 Å². The predicted octanol–water partition coefficient (Wildman–Crippen LogP) is 3.83. The zero-order chi connectivity index (χ0) is 19.7. The Balaban J connectivity index is 1.16. The molecule has 0 aromatic heterocycles. The van der Waals surface area contributed by atoms with Gasteiger partial charge in [0, 0.05) is 43.4 Å². The SMILES string of the molecule is CC1(C)[C@H]2CC=C(COC[C@H](O)CN3CCN(c4cccc(Cl)c4)CC3)[C@@H]1C2. The summed E-state index contributed by atoms with van der Waals surface area (Å²) >= 11 is 6.11. The Morgan fingerprint density at radius 1 is 1.25 bits per heavy atom. The number of anilines is 1. The highest BCUT2D eigenvalue weighted by atomic mass is 35.5. The summed E-state index contributed by atoms with van der Waals surface area (Å²) < 4.78 is 5.90. The average molecular weight is 405 g/mol. The number of β-amino-alcohol motifs (C(OH)–C–C–N with tert-alkyl or cyclic N) is 1. The number of aliphatic hydroxyl groups excluding tert-OH is 1. The summed E-state index contributed by atoms with van der Waals surface area (Å²) in [7, 11) is 0. The number of benzene rings is 1. The molecule has 1 heterocycles. The first-order valence-corrected chi connectivity index (χ1v) is 11.0. The third-order valence-corrected chi connectivity index (χ3v) is 7.41. The molecule has 4 nitrogen and oxygen atoms in total. The minimum atomic E-state index is -0.427. The molecule has 154 valence electrons. The molecule has 4 aliphatic rings. The van der Waals surface area contributed by atoms with E-state index in [9.17, 15) is 5.11 Å². The van der Waals surface area contributed by atoms with Gasteiger partial charge in [0.15, 0.2) is 0 Å². The largest absolute Gasteiger partial charge is 0.389 e. The van der Waals surface area contributed by atoms with Gasteiger partial charge in [-0.05, 0) is 53.9 Å². The van der Waals surface area contributed by atoms with E-state index in [1.807, 2.05) is 18.2 Å². The zero-order valence-electron chi connectivity index (χ0n) is 17.1. The molecule has 2 fully saturated rings. The summed E-state index contributed by atoms with van der Waals surface area (Å²) in [6.45, 7) is 10.4. The van der Waals surface area contributed by atoms with Crippen LogP contribution in [0.1, 0.15) is 26.7 Å². The van der Waals surface area contributed by atoms with E-state index in [1.165, 1.54) is 24.1 Å². The van der Waals surface area contributed by atoms with Crippen LogP contribution in [0.15, 0.2) is 35.9 Å². The summed E-state index contributed by atoms with van der Waals surface area (Å²) in [6, 6.07) is 8.03. The fourth-order valence-electron chi connectivity index (χ4n) is 5.17. The molecule has 1 saturated carbocycles. The topological polar surface area (TPSA) is 35.9 Å². The first kappa shape index (κ1) is 20.2. The Labute approximate surface area is 174 Å². The minimum Gasteiger partial charge on any atom is -0.389 e. The molecule has 28 heavy (non-hydrogen) atoms. The van der Waals surface area contributed by atoms with E-state index in [0.29, 0.717) is 31.1 Å². The summed E-state index contributed by atoms with van der Waals surface area (Å²) in [5.41, 5.74) is 3.07. The Bertz CT molecular complexity index is 712. The number of hydrogen-bond acceptors (Lipinski definition) is 4. The lowest BCUT2D eigenvalue weighted by atomic mass is 9.49. The average Bonchev–Trinajstić information content (AvgIpc) is 2.68. The van der Waals surface area contributed by atoms with Crippen molar-refractivity contribution < 1.29 is 9.84 Å². The minimum absolute atomic E-state index is 0.419. The predicted molar refractivity (Wildman–Crippen MR) is 115 cm³/mol. The van der Waals surface area contributed by atoms with Crippen LogP contribution in [0.5, 0.6) is 0 Å². The molecule has 0 unspecified atom stereocenters. The lowest BCUT2D eigenvalue weighted by molar-refractivity contribution is -0.0262. The highest BCUT2D eigenvalue weighted by Crippen LogP contribution is 2.59. The molecule has 3 aliphatic carbocycles. The van der Waals surface area contributed by atoms with E-state index in [0.717, 1.165) is 37.1 Å². The molecule has 5 heteroatoms. The van der Waals surface area contributed by atoms with E-state index >= 15 is 0 Å². The Hall–Kier alpha value is -1.07. The van der Waals surface area contributed by atoms with Crippen molar-refractivity contribution in [1.82, 2.24) is 4.90 Å². The maximum Gasteiger partial charge on any atom is 0.0900 e. The van der Waals surface area contributed by atoms with Crippen molar-refractivity contribution in [2.75, 3.05) is 50.8 Å². The number of allylic oxidation sites excluding steroid dienone is 1. The Kier molecular flexibility index (Phi) is 6.03. The van der Waals surface area contributed by atoms with Gasteiger partial charge in [-0.2, -0.15) is 0 Å². The number of piperazine rings is 1. The number of aliphatic hydroxyl groups is 1. The lowest BCUT2D eigenvalue weighted by Gasteiger charge is -2.56. The van der Waals surface area contributed by atoms with Gasteiger partial charge >= 0.3 is 0 Å². The molecule has 3 atom stereocenters. The number of ether oxygens (including phenoxy) is 1. The molecular weight excluding hydrogens is 372 g/mol. The van der Waals surface area contributed by atoms with E-state index in [2.05, 4.69) is 35.8 Å². The third-order valence-electron chi connectivity index (χ3n) is 7.18. The highest BCUT2D eigenvalue weighted by molar-refractivity contribution is 6.30. The quantitative estimate of drug-likeness (QED) is 0.700. The van der Waals surface area contributed by atoms with E-state index in [-0.39, 0.29) is 0 Å². The standard InChI is InChI=1S/C23H33ClN2O2/c1-23(2)18-7-6-17(22(23)12-18)15-28-16-21(27)14-25-8-10-26(11-9-25)20-5-3-4-19(24)13-20/h3-6,13,18,21-22,27H,7-12,14-16H2,1-2H3/t18-,21+,22-/m0/s1. The van der Waals surface area contributed by atoms with Gasteiger partial charge in [0.2, 0.25) is 0 Å². The van der Waals surface area contributed by atoms with Crippen LogP contribution in [0.2, 0.25) is 5.02 Å². The van der Waals surface area contributed by atoms with Crippen molar-refractivity contribution in [2.45, 2.75) is 32.8 Å². The molecule has 1 aromatic rings. The highest BCUT2D eigenvalue weighted by Gasteiger charge is 2.50. The van der Waals surface area contributed by atoms with Crippen LogP contribution in [0.25, 0.3) is 0 Å². The normalized spacial score (nSPS) is 27.9. The van der Waals surface area contributed by atoms with Crippen LogP contribution in [0.4, 0.5) is 5.69 Å². The van der Waals surface area contributed by atoms with E-state index < -0.39 is 6.10 Å². The van der Waals surface area contributed by atoms with Crippen LogP contribution >= 0.6 is 11.6 Å². The number of nitrogens with zero attached hydrogens (tertiary/aromatic N) is 2. The maximum absolute atomic E-state index is 10.4. The third kappa shape index (κ3) is 4.25. The fourth-order valence-corrected chi connectivity index (χ4v) is 5.35. The number of hydrogen-bond donors (Lipinski definition) is 1. The molecule has 2 bridgehead atoms. The molecule has 0 spiro atoms.